The molecule has 2 aromatic carbocycles. The molecule has 0 aliphatic carbocycles. The topological polar surface area (TPSA) is 125 Å². The van der Waals surface area contributed by atoms with Crippen LogP contribution in [0.1, 0.15) is 72.5 Å². The number of hydrogen-bond donors (Lipinski definition) is 3. The Labute approximate surface area is 218 Å². The highest BCUT2D eigenvalue weighted by atomic mass is 16.3. The van der Waals surface area contributed by atoms with Gasteiger partial charge in [0.2, 0.25) is 5.88 Å². The van der Waals surface area contributed by atoms with Crippen molar-refractivity contribution in [2.24, 2.45) is 11.7 Å². The molecule has 196 valence electrons. The van der Waals surface area contributed by atoms with Crippen molar-refractivity contribution in [1.29, 1.82) is 5.41 Å². The van der Waals surface area contributed by atoms with Crippen molar-refractivity contribution in [2.75, 3.05) is 13.1 Å². The highest BCUT2D eigenvalue weighted by Crippen LogP contribution is 2.28. The Morgan fingerprint density at radius 2 is 1.78 bits per heavy atom. The smallest absolute Gasteiger partial charge is 0.266 e. The van der Waals surface area contributed by atoms with Gasteiger partial charge in [-0.25, -0.2) is 0 Å². The molecule has 0 saturated carbocycles. The standard InChI is InChI=1S/C29H37N5O3/c1-5-23(33(17-9-16-30)28(36)22-14-12-20(4)13-15-22)26-32-27(35)24(25(31)19(2)3)29(37)34(26)18-21-10-7-6-8-11-21/h6-8,10-15,19,23,31,35H,5,9,16-18,30H2,1-4H3. The lowest BCUT2D eigenvalue weighted by atomic mass is 10.0. The fourth-order valence-corrected chi connectivity index (χ4v) is 4.32. The molecule has 0 spiro atoms. The molecule has 1 unspecified atom stereocenters. The van der Waals surface area contributed by atoms with E-state index in [-0.39, 0.29) is 35.5 Å². The first kappa shape index (κ1) is 27.8. The van der Waals surface area contributed by atoms with Gasteiger partial charge in [-0.15, -0.1) is 0 Å². The summed E-state index contributed by atoms with van der Waals surface area (Å²) in [4.78, 5) is 33.7. The number of aromatic nitrogens is 2. The average molecular weight is 504 g/mol. The second-order valence-electron chi connectivity index (χ2n) is 9.54. The van der Waals surface area contributed by atoms with E-state index in [1.807, 2.05) is 56.3 Å². The number of amides is 1. The third-order valence-corrected chi connectivity index (χ3v) is 6.43. The minimum absolute atomic E-state index is 0.0205. The maximum absolute atomic E-state index is 13.8. The lowest BCUT2D eigenvalue weighted by Crippen LogP contribution is -2.41. The summed E-state index contributed by atoms with van der Waals surface area (Å²) in [5, 5.41) is 19.3. The van der Waals surface area contributed by atoms with Gasteiger partial charge in [0.15, 0.2) is 0 Å². The van der Waals surface area contributed by atoms with Gasteiger partial charge in [-0.3, -0.25) is 14.2 Å². The van der Waals surface area contributed by atoms with Crippen LogP contribution in [0.25, 0.3) is 0 Å². The van der Waals surface area contributed by atoms with Gasteiger partial charge >= 0.3 is 0 Å². The van der Waals surface area contributed by atoms with Crippen molar-refractivity contribution in [3.8, 4) is 5.88 Å². The Kier molecular flexibility index (Phi) is 9.36. The molecular formula is C29H37N5O3. The summed E-state index contributed by atoms with van der Waals surface area (Å²) in [7, 11) is 0. The van der Waals surface area contributed by atoms with Gasteiger partial charge < -0.3 is 21.1 Å². The van der Waals surface area contributed by atoms with Crippen LogP contribution in [0.5, 0.6) is 5.88 Å². The first-order valence-electron chi connectivity index (χ1n) is 12.7. The average Bonchev–Trinajstić information content (AvgIpc) is 2.88. The summed E-state index contributed by atoms with van der Waals surface area (Å²) < 4.78 is 1.49. The molecule has 37 heavy (non-hydrogen) atoms. The molecular weight excluding hydrogens is 466 g/mol. The van der Waals surface area contributed by atoms with Gasteiger partial charge in [0.25, 0.3) is 11.5 Å². The zero-order chi connectivity index (χ0) is 27.1. The normalized spacial score (nSPS) is 11.9. The van der Waals surface area contributed by atoms with Gasteiger partial charge in [0, 0.05) is 12.1 Å². The largest absolute Gasteiger partial charge is 0.493 e. The van der Waals surface area contributed by atoms with Gasteiger partial charge in [-0.05, 0) is 49.9 Å². The fourth-order valence-electron chi connectivity index (χ4n) is 4.32. The summed E-state index contributed by atoms with van der Waals surface area (Å²) in [6, 6.07) is 16.2. The molecule has 1 amide bonds. The van der Waals surface area contributed by atoms with Crippen LogP contribution >= 0.6 is 0 Å². The van der Waals surface area contributed by atoms with Crippen LogP contribution in [0.4, 0.5) is 0 Å². The molecule has 3 rings (SSSR count). The summed E-state index contributed by atoms with van der Waals surface area (Å²) >= 11 is 0. The van der Waals surface area contributed by atoms with Crippen LogP contribution in [0.15, 0.2) is 59.4 Å². The second kappa shape index (κ2) is 12.5. The van der Waals surface area contributed by atoms with E-state index in [0.717, 1.165) is 11.1 Å². The molecule has 0 aliphatic heterocycles. The first-order valence-corrected chi connectivity index (χ1v) is 12.7. The van der Waals surface area contributed by atoms with Crippen LogP contribution < -0.4 is 11.3 Å². The van der Waals surface area contributed by atoms with Gasteiger partial charge in [0.05, 0.1) is 18.3 Å². The van der Waals surface area contributed by atoms with Gasteiger partial charge in [-0.1, -0.05) is 68.8 Å². The third kappa shape index (κ3) is 6.32. The molecule has 4 N–H and O–H groups in total. The van der Waals surface area contributed by atoms with Crippen molar-refractivity contribution < 1.29 is 9.90 Å². The molecule has 3 aromatic rings. The van der Waals surface area contributed by atoms with Crippen LogP contribution in [0, 0.1) is 18.3 Å². The lowest BCUT2D eigenvalue weighted by Gasteiger charge is -2.32. The maximum Gasteiger partial charge on any atom is 0.266 e. The molecule has 0 saturated heterocycles. The molecule has 1 heterocycles. The minimum atomic E-state index is -0.593. The predicted octanol–water partition coefficient (Wildman–Crippen LogP) is 4.27. The number of aryl methyl sites for hydroxylation is 1. The summed E-state index contributed by atoms with van der Waals surface area (Å²) in [6.07, 6.45) is 1.03. The fraction of sp³-hybridized carbons (Fsp3) is 0.379. The maximum atomic E-state index is 13.8. The number of rotatable bonds is 11. The molecule has 0 radical (unpaired) electrons. The van der Waals surface area contributed by atoms with Crippen LogP contribution in [0.3, 0.4) is 0 Å². The summed E-state index contributed by atoms with van der Waals surface area (Å²) in [6.45, 7) is 8.42. The SMILES string of the molecule is CCC(c1nc(O)c(C(=N)C(C)C)c(=O)n1Cc1ccccc1)N(CCCN)C(=O)c1ccc(C)cc1. The van der Waals surface area contributed by atoms with Crippen LogP contribution in [-0.2, 0) is 6.54 Å². The van der Waals surface area contributed by atoms with E-state index in [0.29, 0.717) is 31.5 Å². The monoisotopic (exact) mass is 503 g/mol. The summed E-state index contributed by atoms with van der Waals surface area (Å²) in [5.41, 5.74) is 7.66. The summed E-state index contributed by atoms with van der Waals surface area (Å²) in [5.74, 6) is -0.670. The number of nitrogens with zero attached hydrogens (tertiary/aromatic N) is 3. The number of hydrogen-bond acceptors (Lipinski definition) is 6. The number of carbonyl (C=O) groups is 1. The van der Waals surface area contributed by atoms with E-state index < -0.39 is 17.5 Å². The van der Waals surface area contributed by atoms with Crippen molar-refractivity contribution in [2.45, 2.75) is 53.1 Å². The van der Waals surface area contributed by atoms with E-state index in [2.05, 4.69) is 4.98 Å². The van der Waals surface area contributed by atoms with Crippen molar-refractivity contribution in [3.05, 3.63) is 93.0 Å². The highest BCUT2D eigenvalue weighted by Gasteiger charge is 2.31. The second-order valence-corrected chi connectivity index (χ2v) is 9.54. The van der Waals surface area contributed by atoms with Crippen molar-refractivity contribution in [3.63, 3.8) is 0 Å². The molecule has 8 heteroatoms. The Morgan fingerprint density at radius 1 is 1.14 bits per heavy atom. The van der Waals surface area contributed by atoms with Crippen LogP contribution in [-0.4, -0.2) is 44.3 Å². The van der Waals surface area contributed by atoms with Crippen LogP contribution in [0.2, 0.25) is 0 Å². The Bertz CT molecular complexity index is 1280. The third-order valence-electron chi connectivity index (χ3n) is 6.43. The van der Waals surface area contributed by atoms with Gasteiger partial charge in [-0.2, -0.15) is 4.98 Å². The zero-order valence-corrected chi connectivity index (χ0v) is 22.1. The Hall–Kier alpha value is -3.78. The first-order chi connectivity index (χ1) is 17.7. The molecule has 0 bridgehead atoms. The Balaban J connectivity index is 2.21. The molecule has 8 nitrogen and oxygen atoms in total. The minimum Gasteiger partial charge on any atom is -0.493 e. The predicted molar refractivity (Wildman–Crippen MR) is 146 cm³/mol. The molecule has 0 fully saturated rings. The lowest BCUT2D eigenvalue weighted by molar-refractivity contribution is 0.0654. The molecule has 1 aromatic heterocycles. The van der Waals surface area contributed by atoms with Crippen molar-refractivity contribution >= 4 is 11.6 Å². The number of nitrogens with one attached hydrogen (secondary N) is 1. The number of carbonyl (C=O) groups excluding carboxylic acids is 1. The van der Waals surface area contributed by atoms with E-state index in [1.165, 1.54) is 4.57 Å². The molecule has 0 aliphatic rings. The van der Waals surface area contributed by atoms with E-state index in [4.69, 9.17) is 11.1 Å². The van der Waals surface area contributed by atoms with Gasteiger partial charge in [0.1, 0.15) is 11.4 Å². The van der Waals surface area contributed by atoms with E-state index >= 15 is 0 Å². The van der Waals surface area contributed by atoms with E-state index in [9.17, 15) is 14.7 Å². The highest BCUT2D eigenvalue weighted by molar-refractivity contribution is 6.01. The number of aromatic hydroxyl groups is 1. The molecule has 1 atom stereocenters. The quantitative estimate of drug-likeness (QED) is 0.337. The number of benzene rings is 2. The Morgan fingerprint density at radius 3 is 2.35 bits per heavy atom. The zero-order valence-electron chi connectivity index (χ0n) is 22.1. The number of nitrogens with two attached hydrogens (primary N) is 1. The van der Waals surface area contributed by atoms with Crippen molar-refractivity contribution in [1.82, 2.24) is 14.5 Å². The van der Waals surface area contributed by atoms with E-state index in [1.54, 1.807) is 30.9 Å².